The van der Waals surface area contributed by atoms with Crippen LogP contribution in [0.1, 0.15) is 38.5 Å². The van der Waals surface area contributed by atoms with Gasteiger partial charge in [-0.3, -0.25) is 4.90 Å². The van der Waals surface area contributed by atoms with Gasteiger partial charge in [0, 0.05) is 31.2 Å². The summed E-state index contributed by atoms with van der Waals surface area (Å²) in [5, 5.41) is 13.2. The van der Waals surface area contributed by atoms with Crippen LogP contribution in [0.15, 0.2) is 0 Å². The SMILES string of the molecule is CNC1(CO)CCCC1CCN1CCN2CCCC2C1. The molecule has 0 spiro atoms. The van der Waals surface area contributed by atoms with Crippen molar-refractivity contribution in [3.63, 3.8) is 0 Å². The second-order valence-electron chi connectivity index (χ2n) is 7.07. The standard InChI is InChI=1S/C16H31N3O/c1-17-16(13-20)7-2-4-14(16)6-9-18-10-11-19-8-3-5-15(19)12-18/h14-15,17,20H,2-13H2,1H3. The molecule has 0 radical (unpaired) electrons. The zero-order chi connectivity index (χ0) is 14.0. The molecule has 3 atom stereocenters. The van der Waals surface area contributed by atoms with Crippen LogP contribution in [-0.4, -0.2) is 72.9 Å². The van der Waals surface area contributed by atoms with E-state index < -0.39 is 0 Å². The maximum Gasteiger partial charge on any atom is 0.0615 e. The van der Waals surface area contributed by atoms with E-state index in [1.54, 1.807) is 0 Å². The highest BCUT2D eigenvalue weighted by molar-refractivity contribution is 4.98. The van der Waals surface area contributed by atoms with Gasteiger partial charge in [-0.15, -0.1) is 0 Å². The summed E-state index contributed by atoms with van der Waals surface area (Å²) in [5.41, 5.74) is 0.00911. The first-order chi connectivity index (χ1) is 9.77. The molecule has 4 heteroatoms. The van der Waals surface area contributed by atoms with E-state index in [2.05, 4.69) is 15.1 Å². The molecule has 0 aromatic rings. The molecule has 3 aliphatic rings. The van der Waals surface area contributed by atoms with Gasteiger partial charge in [0.05, 0.1) is 6.61 Å². The van der Waals surface area contributed by atoms with E-state index in [4.69, 9.17) is 0 Å². The van der Waals surface area contributed by atoms with Gasteiger partial charge in [0.25, 0.3) is 0 Å². The van der Waals surface area contributed by atoms with Crippen LogP contribution in [0.5, 0.6) is 0 Å². The second-order valence-corrected chi connectivity index (χ2v) is 7.07. The number of fused-ring (bicyclic) bond motifs is 1. The lowest BCUT2D eigenvalue weighted by atomic mass is 9.85. The van der Waals surface area contributed by atoms with Crippen molar-refractivity contribution in [3.8, 4) is 0 Å². The summed E-state index contributed by atoms with van der Waals surface area (Å²) in [7, 11) is 2.02. The van der Waals surface area contributed by atoms with Gasteiger partial charge < -0.3 is 15.3 Å². The summed E-state index contributed by atoms with van der Waals surface area (Å²) in [6.07, 6.45) is 7.73. The molecule has 2 aliphatic heterocycles. The third-order valence-electron chi connectivity index (χ3n) is 6.20. The fourth-order valence-electron chi connectivity index (χ4n) is 4.78. The number of hydrogen-bond donors (Lipinski definition) is 2. The largest absolute Gasteiger partial charge is 0.394 e. The minimum absolute atomic E-state index is 0.00911. The number of hydrogen-bond acceptors (Lipinski definition) is 4. The predicted molar refractivity (Wildman–Crippen MR) is 81.9 cm³/mol. The first-order valence-corrected chi connectivity index (χ1v) is 8.53. The zero-order valence-corrected chi connectivity index (χ0v) is 13.0. The Morgan fingerprint density at radius 1 is 1.20 bits per heavy atom. The van der Waals surface area contributed by atoms with Crippen LogP contribution in [0.25, 0.3) is 0 Å². The molecule has 1 saturated carbocycles. The molecule has 20 heavy (non-hydrogen) atoms. The number of piperazine rings is 1. The molecule has 3 unspecified atom stereocenters. The van der Waals surface area contributed by atoms with Crippen LogP contribution in [0.4, 0.5) is 0 Å². The summed E-state index contributed by atoms with van der Waals surface area (Å²) in [6.45, 7) is 6.64. The Balaban J connectivity index is 1.49. The van der Waals surface area contributed by atoms with Crippen molar-refractivity contribution in [3.05, 3.63) is 0 Å². The molecule has 0 aromatic heterocycles. The van der Waals surface area contributed by atoms with Crippen LogP contribution in [-0.2, 0) is 0 Å². The van der Waals surface area contributed by atoms with Crippen LogP contribution in [0, 0.1) is 5.92 Å². The topological polar surface area (TPSA) is 38.7 Å². The van der Waals surface area contributed by atoms with Gasteiger partial charge in [-0.2, -0.15) is 0 Å². The molecule has 0 bridgehead atoms. The van der Waals surface area contributed by atoms with Crippen LogP contribution >= 0.6 is 0 Å². The van der Waals surface area contributed by atoms with Crippen molar-refractivity contribution in [2.24, 2.45) is 5.92 Å². The van der Waals surface area contributed by atoms with Crippen molar-refractivity contribution in [2.45, 2.75) is 50.1 Å². The van der Waals surface area contributed by atoms with Crippen LogP contribution < -0.4 is 5.32 Å². The predicted octanol–water partition coefficient (Wildman–Crippen LogP) is 0.907. The lowest BCUT2D eigenvalue weighted by molar-refractivity contribution is 0.0838. The molecular weight excluding hydrogens is 250 g/mol. The highest BCUT2D eigenvalue weighted by Crippen LogP contribution is 2.37. The molecule has 3 fully saturated rings. The summed E-state index contributed by atoms with van der Waals surface area (Å²) in [4.78, 5) is 5.35. The fourth-order valence-corrected chi connectivity index (χ4v) is 4.78. The number of likely N-dealkylation sites (N-methyl/N-ethyl adjacent to an activating group) is 1. The Bertz CT molecular complexity index is 319. The van der Waals surface area contributed by atoms with Crippen molar-refractivity contribution < 1.29 is 5.11 Å². The van der Waals surface area contributed by atoms with Gasteiger partial charge in [-0.05, 0) is 58.2 Å². The summed E-state index contributed by atoms with van der Waals surface area (Å²) in [5.74, 6) is 0.652. The fraction of sp³-hybridized carbons (Fsp3) is 1.00. The number of nitrogens with one attached hydrogen (secondary N) is 1. The minimum atomic E-state index is 0.00911. The molecule has 0 aromatic carbocycles. The number of nitrogens with zero attached hydrogens (tertiary/aromatic N) is 2. The number of aliphatic hydroxyl groups is 1. The Morgan fingerprint density at radius 2 is 2.10 bits per heavy atom. The van der Waals surface area contributed by atoms with Crippen molar-refractivity contribution in [1.82, 2.24) is 15.1 Å². The van der Waals surface area contributed by atoms with Gasteiger partial charge >= 0.3 is 0 Å². The molecule has 2 N–H and O–H groups in total. The molecule has 4 nitrogen and oxygen atoms in total. The average Bonchev–Trinajstić information content (AvgIpc) is 3.11. The highest BCUT2D eigenvalue weighted by atomic mass is 16.3. The molecule has 116 valence electrons. The summed E-state index contributed by atoms with van der Waals surface area (Å²) in [6, 6.07) is 0.833. The molecule has 2 saturated heterocycles. The van der Waals surface area contributed by atoms with E-state index in [0.717, 1.165) is 12.5 Å². The van der Waals surface area contributed by atoms with E-state index in [1.165, 1.54) is 64.8 Å². The van der Waals surface area contributed by atoms with Gasteiger partial charge in [-0.25, -0.2) is 0 Å². The van der Waals surface area contributed by atoms with Gasteiger partial charge in [-0.1, -0.05) is 6.42 Å². The van der Waals surface area contributed by atoms with Gasteiger partial charge in [0.2, 0.25) is 0 Å². The maximum atomic E-state index is 9.76. The molecular formula is C16H31N3O. The monoisotopic (exact) mass is 281 g/mol. The van der Waals surface area contributed by atoms with E-state index in [1.807, 2.05) is 7.05 Å². The first kappa shape index (κ1) is 14.8. The number of rotatable bonds is 5. The van der Waals surface area contributed by atoms with Crippen molar-refractivity contribution in [2.75, 3.05) is 46.4 Å². The van der Waals surface area contributed by atoms with E-state index in [-0.39, 0.29) is 5.54 Å². The molecule has 0 amide bonds. The first-order valence-electron chi connectivity index (χ1n) is 8.53. The third-order valence-corrected chi connectivity index (χ3v) is 6.20. The quantitative estimate of drug-likeness (QED) is 0.786. The zero-order valence-electron chi connectivity index (χ0n) is 13.0. The third kappa shape index (κ3) is 2.76. The molecule has 1 aliphatic carbocycles. The van der Waals surface area contributed by atoms with Crippen molar-refractivity contribution >= 4 is 0 Å². The maximum absolute atomic E-state index is 9.76. The summed E-state index contributed by atoms with van der Waals surface area (Å²) >= 11 is 0. The average molecular weight is 281 g/mol. The summed E-state index contributed by atoms with van der Waals surface area (Å²) < 4.78 is 0. The lowest BCUT2D eigenvalue weighted by Gasteiger charge is -2.39. The molecule has 3 rings (SSSR count). The number of aliphatic hydroxyl groups excluding tert-OH is 1. The van der Waals surface area contributed by atoms with Crippen LogP contribution in [0.2, 0.25) is 0 Å². The Morgan fingerprint density at radius 3 is 2.90 bits per heavy atom. The Kier molecular flexibility index (Phi) is 4.65. The lowest BCUT2D eigenvalue weighted by Crippen LogP contribution is -2.52. The molecule has 2 heterocycles. The Labute approximate surface area is 123 Å². The van der Waals surface area contributed by atoms with Gasteiger partial charge in [0.15, 0.2) is 0 Å². The van der Waals surface area contributed by atoms with Gasteiger partial charge in [0.1, 0.15) is 0 Å². The highest BCUT2D eigenvalue weighted by Gasteiger charge is 2.41. The van der Waals surface area contributed by atoms with Crippen LogP contribution in [0.3, 0.4) is 0 Å². The Hall–Kier alpha value is -0.160. The van der Waals surface area contributed by atoms with Crippen molar-refractivity contribution in [1.29, 1.82) is 0 Å². The second kappa shape index (κ2) is 6.30. The smallest absolute Gasteiger partial charge is 0.0615 e. The normalized spacial score (nSPS) is 39.3. The van der Waals surface area contributed by atoms with E-state index >= 15 is 0 Å². The minimum Gasteiger partial charge on any atom is -0.394 e. The van der Waals surface area contributed by atoms with E-state index in [0.29, 0.717) is 12.5 Å². The van der Waals surface area contributed by atoms with E-state index in [9.17, 15) is 5.11 Å².